The van der Waals surface area contributed by atoms with Gasteiger partial charge in [-0.2, -0.15) is 0 Å². The number of amides is 3. The second-order valence-corrected chi connectivity index (χ2v) is 12.1. The summed E-state index contributed by atoms with van der Waals surface area (Å²) in [7, 11) is 0. The number of rotatable bonds is 10. The van der Waals surface area contributed by atoms with Gasteiger partial charge in [0.25, 0.3) is 0 Å². The van der Waals surface area contributed by atoms with Gasteiger partial charge in [-0.3, -0.25) is 14.4 Å². The van der Waals surface area contributed by atoms with Gasteiger partial charge in [0.05, 0.1) is 12.5 Å². The van der Waals surface area contributed by atoms with E-state index in [1.54, 1.807) is 18.2 Å². The number of halogens is 1. The van der Waals surface area contributed by atoms with Crippen molar-refractivity contribution in [3.63, 3.8) is 0 Å². The van der Waals surface area contributed by atoms with Gasteiger partial charge in [0.15, 0.2) is 0 Å². The van der Waals surface area contributed by atoms with Crippen molar-refractivity contribution in [3.05, 3.63) is 113 Å². The van der Waals surface area contributed by atoms with Crippen molar-refractivity contribution < 1.29 is 14.4 Å². The first kappa shape index (κ1) is 31.5. The van der Waals surface area contributed by atoms with Gasteiger partial charge in [0.1, 0.15) is 0 Å². The molecule has 3 aromatic rings. The van der Waals surface area contributed by atoms with E-state index in [1.807, 2.05) is 58.3 Å². The van der Waals surface area contributed by atoms with Crippen LogP contribution in [0, 0.1) is 0 Å². The lowest BCUT2D eigenvalue weighted by atomic mass is 9.90. The third-order valence-electron chi connectivity index (χ3n) is 8.51. The van der Waals surface area contributed by atoms with E-state index in [1.165, 1.54) is 6.08 Å². The van der Waals surface area contributed by atoms with Crippen LogP contribution in [-0.4, -0.2) is 72.3 Å². The summed E-state index contributed by atoms with van der Waals surface area (Å²) in [5.41, 5.74) is 3.16. The van der Waals surface area contributed by atoms with Crippen LogP contribution in [0.1, 0.15) is 54.7 Å². The van der Waals surface area contributed by atoms with Gasteiger partial charge < -0.3 is 20.4 Å². The molecule has 5 rings (SSSR count). The largest absolute Gasteiger partial charge is 0.351 e. The fourth-order valence-corrected chi connectivity index (χ4v) is 6.17. The molecule has 2 aliphatic heterocycles. The molecule has 3 amide bonds. The Kier molecular flexibility index (Phi) is 11.2. The third-order valence-corrected chi connectivity index (χ3v) is 8.76. The number of carbonyl (C=O) groups is 3. The molecule has 44 heavy (non-hydrogen) atoms. The highest BCUT2D eigenvalue weighted by Gasteiger charge is 2.35. The Bertz CT molecular complexity index is 1370. The number of hydrogen-bond acceptors (Lipinski definition) is 4. The molecule has 2 N–H and O–H groups in total. The van der Waals surface area contributed by atoms with Crippen molar-refractivity contribution in [2.45, 2.75) is 50.1 Å². The van der Waals surface area contributed by atoms with E-state index in [4.69, 9.17) is 11.6 Å². The van der Waals surface area contributed by atoms with Crippen molar-refractivity contribution in [1.82, 2.24) is 20.4 Å². The summed E-state index contributed by atoms with van der Waals surface area (Å²) in [4.78, 5) is 43.9. The summed E-state index contributed by atoms with van der Waals surface area (Å²) < 4.78 is 0. The normalized spacial score (nSPS) is 19.3. The van der Waals surface area contributed by atoms with E-state index in [9.17, 15) is 14.4 Å². The number of benzene rings is 3. The van der Waals surface area contributed by atoms with Crippen LogP contribution in [0.25, 0.3) is 6.08 Å². The van der Waals surface area contributed by atoms with E-state index < -0.39 is 6.04 Å². The van der Waals surface area contributed by atoms with Crippen LogP contribution in [0.5, 0.6) is 0 Å². The molecule has 0 aromatic heterocycles. The fourth-order valence-electron chi connectivity index (χ4n) is 6.04. The monoisotopic (exact) mass is 612 g/mol. The summed E-state index contributed by atoms with van der Waals surface area (Å²) >= 11 is 5.96. The maximum atomic E-state index is 14.1. The highest BCUT2D eigenvalue weighted by molar-refractivity contribution is 6.30. The highest BCUT2D eigenvalue weighted by Crippen LogP contribution is 2.27. The highest BCUT2D eigenvalue weighted by atomic mass is 35.5. The van der Waals surface area contributed by atoms with Gasteiger partial charge in [-0.1, -0.05) is 84.4 Å². The average molecular weight is 613 g/mol. The fraction of sp³-hybridized carbons (Fsp3) is 0.361. The minimum absolute atomic E-state index is 0.00551. The lowest BCUT2D eigenvalue weighted by Crippen LogP contribution is -2.51. The van der Waals surface area contributed by atoms with Crippen LogP contribution in [0.4, 0.5) is 0 Å². The van der Waals surface area contributed by atoms with Crippen LogP contribution >= 0.6 is 11.6 Å². The van der Waals surface area contributed by atoms with E-state index in [0.29, 0.717) is 31.1 Å². The minimum Gasteiger partial charge on any atom is -0.351 e. The zero-order valence-electron chi connectivity index (χ0n) is 25.0. The van der Waals surface area contributed by atoms with Crippen molar-refractivity contribution in [1.29, 1.82) is 0 Å². The Morgan fingerprint density at radius 3 is 2.16 bits per heavy atom. The Hall–Kier alpha value is -3.94. The molecule has 0 aliphatic carbocycles. The molecule has 0 spiro atoms. The average Bonchev–Trinajstić information content (AvgIpc) is 3.21. The molecule has 0 radical (unpaired) electrons. The predicted molar refractivity (Wildman–Crippen MR) is 175 cm³/mol. The summed E-state index contributed by atoms with van der Waals surface area (Å²) in [5, 5.41) is 7.08. The molecule has 230 valence electrons. The molecular formula is C36H41ClN4O3. The quantitative estimate of drug-likeness (QED) is 0.306. The summed E-state index contributed by atoms with van der Waals surface area (Å²) in [5.74, 6) is -0.283. The first-order valence-electron chi connectivity index (χ1n) is 15.6. The number of likely N-dealkylation sites (tertiary alicyclic amines) is 1. The number of hydrogen-bond donors (Lipinski definition) is 2. The molecule has 0 bridgehead atoms. The van der Waals surface area contributed by atoms with E-state index >= 15 is 0 Å². The van der Waals surface area contributed by atoms with Crippen molar-refractivity contribution >= 4 is 35.4 Å². The van der Waals surface area contributed by atoms with Crippen LogP contribution in [0.15, 0.2) is 91.0 Å². The van der Waals surface area contributed by atoms with Gasteiger partial charge in [-0.05, 0) is 60.6 Å². The first-order chi connectivity index (χ1) is 21.5. The molecule has 2 saturated heterocycles. The third kappa shape index (κ3) is 8.80. The van der Waals surface area contributed by atoms with Crippen LogP contribution in [0.2, 0.25) is 5.02 Å². The van der Waals surface area contributed by atoms with E-state index in [0.717, 1.165) is 49.0 Å². The van der Waals surface area contributed by atoms with E-state index in [-0.39, 0.29) is 36.1 Å². The summed E-state index contributed by atoms with van der Waals surface area (Å²) in [6.45, 7) is 2.86. The van der Waals surface area contributed by atoms with Crippen LogP contribution in [0.3, 0.4) is 0 Å². The molecule has 2 aliphatic rings. The Labute approximate surface area is 265 Å². The molecular weight excluding hydrogens is 572 g/mol. The molecule has 0 unspecified atom stereocenters. The number of nitrogens with zero attached hydrogens (tertiary/aromatic N) is 2. The van der Waals surface area contributed by atoms with Crippen LogP contribution in [-0.2, 0) is 14.4 Å². The molecule has 3 aromatic carbocycles. The number of nitrogens with one attached hydrogen (secondary N) is 2. The number of piperidine rings is 1. The Morgan fingerprint density at radius 2 is 1.52 bits per heavy atom. The van der Waals surface area contributed by atoms with Crippen LogP contribution < -0.4 is 10.6 Å². The summed E-state index contributed by atoms with van der Waals surface area (Å²) in [6, 6.07) is 26.9. The molecule has 2 heterocycles. The lowest BCUT2D eigenvalue weighted by molar-refractivity contribution is -0.139. The Balaban J connectivity index is 1.31. The van der Waals surface area contributed by atoms with Crippen molar-refractivity contribution in [3.8, 4) is 0 Å². The topological polar surface area (TPSA) is 81.8 Å². The smallest absolute Gasteiger partial charge is 0.244 e. The lowest BCUT2D eigenvalue weighted by Gasteiger charge is -2.31. The standard InChI is InChI=1S/C36H41ClN4O3/c37-30-17-14-27(15-18-30)16-19-34(42)38-25-31-20-23-41(36(44)33(39-31)24-35(43)40-21-8-3-9-22-40)26-32(28-10-4-1-5-11-28)29-12-6-2-7-13-29/h1-2,4-7,10-19,31-33,39H,3,8-9,20-26H2,(H,38,42)/b19-16+/t31-,33-/m0/s1. The molecule has 2 atom stereocenters. The predicted octanol–water partition coefficient (Wildman–Crippen LogP) is 5.26. The molecule has 2 fully saturated rings. The van der Waals surface area contributed by atoms with Gasteiger partial charge >= 0.3 is 0 Å². The zero-order chi connectivity index (χ0) is 30.7. The van der Waals surface area contributed by atoms with Gasteiger partial charge in [-0.15, -0.1) is 0 Å². The molecule has 8 heteroatoms. The Morgan fingerprint density at radius 1 is 0.886 bits per heavy atom. The van der Waals surface area contributed by atoms with Gasteiger partial charge in [-0.25, -0.2) is 0 Å². The molecule has 7 nitrogen and oxygen atoms in total. The molecule has 0 saturated carbocycles. The second kappa shape index (κ2) is 15.7. The van der Waals surface area contributed by atoms with E-state index in [2.05, 4.69) is 34.9 Å². The zero-order valence-corrected chi connectivity index (χ0v) is 25.8. The SMILES string of the molecule is O=C(/C=C/c1ccc(Cl)cc1)NC[C@@H]1CCN(CC(c2ccccc2)c2ccccc2)C(=O)[C@H](CC(=O)N2CCCCC2)N1. The van der Waals surface area contributed by atoms with Crippen molar-refractivity contribution in [2.75, 3.05) is 32.7 Å². The maximum Gasteiger partial charge on any atom is 0.244 e. The minimum atomic E-state index is -0.661. The second-order valence-electron chi connectivity index (χ2n) is 11.6. The number of carbonyl (C=O) groups excluding carboxylic acids is 3. The first-order valence-corrected chi connectivity index (χ1v) is 16.0. The maximum absolute atomic E-state index is 14.1. The van der Waals surface area contributed by atoms with Gasteiger partial charge in [0.2, 0.25) is 17.7 Å². The van der Waals surface area contributed by atoms with Crippen molar-refractivity contribution in [2.24, 2.45) is 0 Å². The van der Waals surface area contributed by atoms with Gasteiger partial charge in [0, 0.05) is 55.8 Å². The summed E-state index contributed by atoms with van der Waals surface area (Å²) in [6.07, 6.45) is 7.13.